The van der Waals surface area contributed by atoms with Gasteiger partial charge in [0.15, 0.2) is 0 Å². The lowest BCUT2D eigenvalue weighted by atomic mass is 10.0. The maximum Gasteiger partial charge on any atom is 0.0701 e. The van der Waals surface area contributed by atoms with Gasteiger partial charge in [0.05, 0.1) is 9.83 Å². The molecule has 0 aliphatic rings. The molecule has 1 aromatic carbocycles. The van der Waals surface area contributed by atoms with E-state index in [0.717, 1.165) is 24.7 Å². The number of hydrogen-bond acceptors (Lipinski definition) is 3. The van der Waals surface area contributed by atoms with Gasteiger partial charge in [-0.15, -0.1) is 11.3 Å². The van der Waals surface area contributed by atoms with Crippen molar-refractivity contribution in [1.82, 2.24) is 5.43 Å². The lowest BCUT2D eigenvalue weighted by Crippen LogP contribution is -2.29. The molecule has 2 aromatic rings. The summed E-state index contributed by atoms with van der Waals surface area (Å²) >= 11 is 12.2. The molecule has 2 nitrogen and oxygen atoms in total. The highest BCUT2D eigenvalue weighted by Gasteiger charge is 2.15. The summed E-state index contributed by atoms with van der Waals surface area (Å²) in [5.41, 5.74) is 4.04. The van der Waals surface area contributed by atoms with Gasteiger partial charge in [-0.25, -0.2) is 0 Å². The van der Waals surface area contributed by atoms with Crippen LogP contribution in [0.3, 0.4) is 0 Å². The maximum absolute atomic E-state index is 5.68. The molecule has 0 saturated carbocycles. The van der Waals surface area contributed by atoms with Gasteiger partial charge in [-0.3, -0.25) is 11.3 Å². The van der Waals surface area contributed by atoms with E-state index in [4.69, 9.17) is 5.84 Å². The third-order valence-corrected chi connectivity index (χ3v) is 5.40. The number of nitrogens with two attached hydrogens (primary N) is 1. The molecule has 0 aliphatic heterocycles. The minimum Gasteiger partial charge on any atom is -0.271 e. The Kier molecular flexibility index (Phi) is 5.41. The highest BCUT2D eigenvalue weighted by atomic mass is 79.9. The van der Waals surface area contributed by atoms with Gasteiger partial charge in [0.1, 0.15) is 0 Å². The van der Waals surface area contributed by atoms with E-state index in [0.29, 0.717) is 0 Å². The van der Waals surface area contributed by atoms with Crippen molar-refractivity contribution in [3.8, 4) is 0 Å². The Morgan fingerprint density at radius 3 is 2.50 bits per heavy atom. The SMILES string of the molecule is NNC(Cc1ccc(Br)s1)c1ccc(Br)cc1Br. The number of hydrogen-bond donors (Lipinski definition) is 2. The summed E-state index contributed by atoms with van der Waals surface area (Å²) in [6, 6.07) is 10.4. The van der Waals surface area contributed by atoms with Gasteiger partial charge < -0.3 is 0 Å². The van der Waals surface area contributed by atoms with Crippen molar-refractivity contribution in [2.24, 2.45) is 5.84 Å². The van der Waals surface area contributed by atoms with Crippen molar-refractivity contribution >= 4 is 59.1 Å². The van der Waals surface area contributed by atoms with Gasteiger partial charge in [0.2, 0.25) is 0 Å². The summed E-state index contributed by atoms with van der Waals surface area (Å²) < 4.78 is 3.24. The van der Waals surface area contributed by atoms with E-state index in [9.17, 15) is 0 Å². The number of hydrazine groups is 1. The second kappa shape index (κ2) is 6.63. The molecule has 1 atom stereocenters. The van der Waals surface area contributed by atoms with Crippen molar-refractivity contribution in [2.45, 2.75) is 12.5 Å². The quantitative estimate of drug-likeness (QED) is 0.515. The maximum atomic E-state index is 5.68. The first-order valence-electron chi connectivity index (χ1n) is 5.25. The summed E-state index contributed by atoms with van der Waals surface area (Å²) in [5.74, 6) is 5.68. The zero-order chi connectivity index (χ0) is 13.1. The van der Waals surface area contributed by atoms with Crippen LogP contribution in [0.4, 0.5) is 0 Å². The van der Waals surface area contributed by atoms with Crippen molar-refractivity contribution in [3.05, 3.63) is 53.5 Å². The average Bonchev–Trinajstić information content (AvgIpc) is 2.72. The fourth-order valence-electron chi connectivity index (χ4n) is 1.71. The largest absolute Gasteiger partial charge is 0.271 e. The van der Waals surface area contributed by atoms with Gasteiger partial charge in [-0.05, 0) is 45.8 Å². The molecule has 18 heavy (non-hydrogen) atoms. The Balaban J connectivity index is 2.22. The van der Waals surface area contributed by atoms with Crippen LogP contribution in [0.5, 0.6) is 0 Å². The molecule has 6 heteroatoms. The highest BCUT2D eigenvalue weighted by molar-refractivity contribution is 9.11. The molecule has 0 bridgehead atoms. The Hall–Kier alpha value is 0.280. The van der Waals surface area contributed by atoms with Crippen molar-refractivity contribution in [3.63, 3.8) is 0 Å². The summed E-state index contributed by atoms with van der Waals surface area (Å²) in [4.78, 5) is 1.29. The minimum absolute atomic E-state index is 0.0954. The van der Waals surface area contributed by atoms with Crippen molar-refractivity contribution < 1.29 is 0 Å². The number of halogens is 3. The van der Waals surface area contributed by atoms with Crippen LogP contribution in [0, 0.1) is 0 Å². The molecule has 0 aliphatic carbocycles. The van der Waals surface area contributed by atoms with Gasteiger partial charge in [0.25, 0.3) is 0 Å². The van der Waals surface area contributed by atoms with E-state index in [1.165, 1.54) is 4.88 Å². The van der Waals surface area contributed by atoms with Gasteiger partial charge in [-0.1, -0.05) is 37.9 Å². The molecule has 0 amide bonds. The van der Waals surface area contributed by atoms with Gasteiger partial charge in [0, 0.05) is 20.2 Å². The number of rotatable bonds is 4. The molecule has 0 saturated heterocycles. The third-order valence-electron chi connectivity index (χ3n) is 2.57. The molecule has 1 unspecified atom stereocenters. The second-order valence-electron chi connectivity index (χ2n) is 3.80. The van der Waals surface area contributed by atoms with E-state index in [1.807, 2.05) is 12.1 Å². The van der Waals surface area contributed by atoms with Crippen LogP contribution in [0.25, 0.3) is 0 Å². The fourth-order valence-corrected chi connectivity index (χ4v) is 4.56. The van der Waals surface area contributed by atoms with E-state index in [-0.39, 0.29) is 6.04 Å². The van der Waals surface area contributed by atoms with Crippen LogP contribution in [0.2, 0.25) is 0 Å². The predicted octanol–water partition coefficient (Wildman–Crippen LogP) is 4.78. The Morgan fingerprint density at radius 2 is 1.94 bits per heavy atom. The first-order chi connectivity index (χ1) is 8.60. The molecule has 3 N–H and O–H groups in total. The first kappa shape index (κ1) is 14.7. The van der Waals surface area contributed by atoms with Crippen LogP contribution in [0.15, 0.2) is 43.1 Å². The molecular formula is C12H11Br3N2S. The lowest BCUT2D eigenvalue weighted by Gasteiger charge is -2.17. The van der Waals surface area contributed by atoms with Crippen LogP contribution in [0.1, 0.15) is 16.5 Å². The Morgan fingerprint density at radius 1 is 1.17 bits per heavy atom. The number of thiophene rings is 1. The highest BCUT2D eigenvalue weighted by Crippen LogP contribution is 2.31. The minimum atomic E-state index is 0.0954. The Labute approximate surface area is 135 Å². The third kappa shape index (κ3) is 3.65. The molecule has 2 rings (SSSR count). The second-order valence-corrected chi connectivity index (χ2v) is 8.11. The molecule has 0 radical (unpaired) electrons. The van der Waals surface area contributed by atoms with E-state index in [1.54, 1.807) is 11.3 Å². The average molecular weight is 455 g/mol. The summed E-state index contributed by atoms with van der Waals surface area (Å²) in [5, 5.41) is 0. The molecule has 1 heterocycles. The normalized spacial score (nSPS) is 12.7. The predicted molar refractivity (Wildman–Crippen MR) is 87.6 cm³/mol. The number of nitrogens with one attached hydrogen (secondary N) is 1. The lowest BCUT2D eigenvalue weighted by molar-refractivity contribution is 0.553. The van der Waals surface area contributed by atoms with Crippen LogP contribution in [-0.4, -0.2) is 0 Å². The van der Waals surface area contributed by atoms with Gasteiger partial charge in [-0.2, -0.15) is 0 Å². The van der Waals surface area contributed by atoms with Crippen LogP contribution < -0.4 is 11.3 Å². The van der Waals surface area contributed by atoms with E-state index in [2.05, 4.69) is 71.4 Å². The topological polar surface area (TPSA) is 38.0 Å². The zero-order valence-electron chi connectivity index (χ0n) is 9.29. The van der Waals surface area contributed by atoms with Crippen molar-refractivity contribution in [1.29, 1.82) is 0 Å². The fraction of sp³-hybridized carbons (Fsp3) is 0.167. The molecule has 0 fully saturated rings. The van der Waals surface area contributed by atoms with Crippen LogP contribution >= 0.6 is 59.1 Å². The smallest absolute Gasteiger partial charge is 0.0701 e. The van der Waals surface area contributed by atoms with Crippen LogP contribution in [-0.2, 0) is 6.42 Å². The van der Waals surface area contributed by atoms with E-state index < -0.39 is 0 Å². The summed E-state index contributed by atoms with van der Waals surface area (Å²) in [6.45, 7) is 0. The van der Waals surface area contributed by atoms with E-state index >= 15 is 0 Å². The molecule has 1 aromatic heterocycles. The Bertz CT molecular complexity index is 542. The van der Waals surface area contributed by atoms with Gasteiger partial charge >= 0.3 is 0 Å². The standard InChI is InChI=1S/C12H11Br3N2S/c13-7-1-3-9(10(14)5-7)11(17-16)6-8-2-4-12(15)18-8/h1-5,11,17H,6,16H2. The first-order valence-corrected chi connectivity index (χ1v) is 8.45. The van der Waals surface area contributed by atoms with Crippen molar-refractivity contribution in [2.75, 3.05) is 0 Å². The molecular weight excluding hydrogens is 444 g/mol. The summed E-state index contributed by atoms with van der Waals surface area (Å²) in [6.07, 6.45) is 0.868. The molecule has 96 valence electrons. The number of benzene rings is 1. The zero-order valence-corrected chi connectivity index (χ0v) is 14.9. The monoisotopic (exact) mass is 452 g/mol. The summed E-state index contributed by atoms with van der Waals surface area (Å²) in [7, 11) is 0. The molecule has 0 spiro atoms.